The number of hydrogen-bond acceptors (Lipinski definition) is 5. The van der Waals surface area contributed by atoms with Gasteiger partial charge in [0.25, 0.3) is 0 Å². The molecule has 1 saturated carbocycles. The second-order valence-electron chi connectivity index (χ2n) is 7.82. The number of benzene rings is 1. The molecule has 0 saturated heterocycles. The molecule has 30 heavy (non-hydrogen) atoms. The van der Waals surface area contributed by atoms with Gasteiger partial charge < -0.3 is 20.1 Å². The number of hydrogen-bond donors (Lipinski definition) is 3. The number of phenols is 1. The van der Waals surface area contributed by atoms with Gasteiger partial charge in [-0.05, 0) is 49.6 Å². The highest BCUT2D eigenvalue weighted by atomic mass is 19.4. The molecule has 3 aromatic rings. The monoisotopic (exact) mass is 420 g/mol. The Kier molecular flexibility index (Phi) is 5.09. The summed E-state index contributed by atoms with van der Waals surface area (Å²) < 4.78 is 40.8. The number of anilines is 1. The van der Waals surface area contributed by atoms with E-state index in [2.05, 4.69) is 15.3 Å². The number of aliphatic hydroxyl groups is 1. The molecule has 1 fully saturated rings. The van der Waals surface area contributed by atoms with Crippen molar-refractivity contribution in [1.82, 2.24) is 14.5 Å². The molecule has 0 bridgehead atoms. The average molecular weight is 420 g/mol. The first kappa shape index (κ1) is 20.5. The second kappa shape index (κ2) is 7.46. The number of halogens is 3. The van der Waals surface area contributed by atoms with E-state index in [1.807, 2.05) is 6.07 Å². The molecule has 0 aliphatic heterocycles. The lowest BCUT2D eigenvalue weighted by molar-refractivity contribution is -0.137. The molecule has 6 nitrogen and oxygen atoms in total. The predicted molar refractivity (Wildman–Crippen MR) is 107 cm³/mol. The Labute approximate surface area is 171 Å². The minimum atomic E-state index is -4.54. The van der Waals surface area contributed by atoms with Gasteiger partial charge in [0.15, 0.2) is 5.65 Å². The highest BCUT2D eigenvalue weighted by molar-refractivity contribution is 5.81. The van der Waals surface area contributed by atoms with Crippen LogP contribution in [0.3, 0.4) is 0 Å². The molecule has 1 aliphatic rings. The van der Waals surface area contributed by atoms with Crippen molar-refractivity contribution in [3.63, 3.8) is 0 Å². The van der Waals surface area contributed by atoms with Crippen LogP contribution < -0.4 is 5.32 Å². The summed E-state index contributed by atoms with van der Waals surface area (Å²) in [6, 6.07) is 5.24. The van der Waals surface area contributed by atoms with Crippen LogP contribution in [0.5, 0.6) is 5.75 Å². The van der Waals surface area contributed by atoms with E-state index in [-0.39, 0.29) is 17.2 Å². The zero-order valence-electron chi connectivity index (χ0n) is 16.7. The van der Waals surface area contributed by atoms with E-state index in [9.17, 15) is 23.4 Å². The minimum Gasteiger partial charge on any atom is -0.507 e. The fraction of sp³-hybridized carbons (Fsp3) is 0.429. The molecule has 1 aromatic carbocycles. The van der Waals surface area contributed by atoms with Crippen LogP contribution in [-0.2, 0) is 13.2 Å². The number of nitrogens with zero attached hydrogens (tertiary/aromatic N) is 3. The number of imidazole rings is 1. The number of aromatic hydroxyl groups is 1. The van der Waals surface area contributed by atoms with Gasteiger partial charge in [-0.15, -0.1) is 0 Å². The molecule has 2 atom stereocenters. The van der Waals surface area contributed by atoms with Gasteiger partial charge in [-0.2, -0.15) is 13.2 Å². The van der Waals surface area contributed by atoms with Crippen molar-refractivity contribution in [2.75, 3.05) is 5.32 Å². The number of fused-ring (bicyclic) bond motifs is 1. The van der Waals surface area contributed by atoms with Crippen molar-refractivity contribution in [2.24, 2.45) is 7.05 Å². The Balaban J connectivity index is 1.72. The minimum absolute atomic E-state index is 0.0758. The average Bonchev–Trinajstić information content (AvgIpc) is 2.98. The summed E-state index contributed by atoms with van der Waals surface area (Å²) in [6.07, 6.45) is -1.32. The SMILES string of the molecule is Cc1cc(C(F)(F)F)cc(O)c1-c1nc2nc(NC3CCCCC3O)ccc2n1C. The van der Waals surface area contributed by atoms with Crippen molar-refractivity contribution in [3.8, 4) is 17.1 Å². The molecule has 9 heteroatoms. The summed E-state index contributed by atoms with van der Waals surface area (Å²) in [7, 11) is 1.72. The number of rotatable bonds is 3. The molecule has 0 spiro atoms. The van der Waals surface area contributed by atoms with E-state index >= 15 is 0 Å². The predicted octanol–water partition coefficient (Wildman–Crippen LogP) is 4.38. The number of alkyl halides is 3. The maximum absolute atomic E-state index is 13.0. The summed E-state index contributed by atoms with van der Waals surface area (Å²) in [5, 5.41) is 23.7. The molecular formula is C21H23F3N4O2. The van der Waals surface area contributed by atoms with Crippen LogP contribution in [0.1, 0.15) is 36.8 Å². The number of nitrogens with one attached hydrogen (secondary N) is 1. The normalized spacial score (nSPS) is 19.9. The van der Waals surface area contributed by atoms with E-state index in [1.54, 1.807) is 17.7 Å². The number of aliphatic hydroxyl groups excluding tert-OH is 1. The second-order valence-corrected chi connectivity index (χ2v) is 7.82. The van der Waals surface area contributed by atoms with E-state index < -0.39 is 23.6 Å². The first-order chi connectivity index (χ1) is 14.1. The van der Waals surface area contributed by atoms with Gasteiger partial charge in [0, 0.05) is 7.05 Å². The molecule has 3 N–H and O–H groups in total. The Bertz CT molecular complexity index is 1070. The van der Waals surface area contributed by atoms with Gasteiger partial charge in [0.2, 0.25) is 0 Å². The lowest BCUT2D eigenvalue weighted by Crippen LogP contribution is -2.36. The topological polar surface area (TPSA) is 83.2 Å². The van der Waals surface area contributed by atoms with Crippen LogP contribution in [-0.4, -0.2) is 36.9 Å². The largest absolute Gasteiger partial charge is 0.507 e. The Morgan fingerprint density at radius 3 is 2.53 bits per heavy atom. The fourth-order valence-corrected chi connectivity index (χ4v) is 4.07. The number of pyridine rings is 1. The van der Waals surface area contributed by atoms with Gasteiger partial charge >= 0.3 is 6.18 Å². The molecular weight excluding hydrogens is 397 g/mol. The quantitative estimate of drug-likeness (QED) is 0.586. The van der Waals surface area contributed by atoms with Crippen LogP contribution in [0.15, 0.2) is 24.3 Å². The van der Waals surface area contributed by atoms with Gasteiger partial charge in [-0.25, -0.2) is 9.97 Å². The third kappa shape index (κ3) is 3.69. The van der Waals surface area contributed by atoms with Crippen molar-refractivity contribution in [2.45, 2.75) is 50.9 Å². The third-order valence-corrected chi connectivity index (χ3v) is 5.67. The summed E-state index contributed by atoms with van der Waals surface area (Å²) in [5.41, 5.74) is 0.681. The summed E-state index contributed by atoms with van der Waals surface area (Å²) in [4.78, 5) is 8.99. The summed E-state index contributed by atoms with van der Waals surface area (Å²) >= 11 is 0. The van der Waals surface area contributed by atoms with E-state index in [4.69, 9.17) is 0 Å². The van der Waals surface area contributed by atoms with Gasteiger partial charge in [-0.1, -0.05) is 12.8 Å². The van der Waals surface area contributed by atoms with Gasteiger partial charge in [0.05, 0.1) is 28.8 Å². The van der Waals surface area contributed by atoms with Crippen LogP contribution >= 0.6 is 0 Å². The number of aromatic nitrogens is 3. The van der Waals surface area contributed by atoms with E-state index in [0.717, 1.165) is 31.7 Å². The first-order valence-corrected chi connectivity index (χ1v) is 9.84. The van der Waals surface area contributed by atoms with E-state index in [1.165, 1.54) is 6.92 Å². The summed E-state index contributed by atoms with van der Waals surface area (Å²) in [5.74, 6) is 0.423. The first-order valence-electron chi connectivity index (χ1n) is 9.84. The van der Waals surface area contributed by atoms with Crippen LogP contribution in [0.2, 0.25) is 0 Å². The zero-order valence-corrected chi connectivity index (χ0v) is 16.7. The van der Waals surface area contributed by atoms with Crippen molar-refractivity contribution >= 4 is 17.0 Å². The van der Waals surface area contributed by atoms with E-state index in [0.29, 0.717) is 28.9 Å². The molecule has 4 rings (SSSR count). The van der Waals surface area contributed by atoms with Gasteiger partial charge in [-0.3, -0.25) is 0 Å². The van der Waals surface area contributed by atoms with Crippen molar-refractivity contribution < 1.29 is 23.4 Å². The van der Waals surface area contributed by atoms with Gasteiger partial charge in [0.1, 0.15) is 17.4 Å². The standard InChI is InChI=1S/C21H23F3N4O2/c1-11-9-12(21(22,23)24)10-16(30)18(11)20-27-19-14(28(20)2)7-8-17(26-19)25-13-5-3-4-6-15(13)29/h7-10,13,15,29-30H,3-6H2,1-2H3,(H,25,26). The third-order valence-electron chi connectivity index (χ3n) is 5.67. The molecule has 160 valence electrons. The molecule has 2 heterocycles. The number of aryl methyl sites for hydroxylation is 2. The van der Waals surface area contributed by atoms with Crippen molar-refractivity contribution in [1.29, 1.82) is 0 Å². The maximum Gasteiger partial charge on any atom is 0.416 e. The molecule has 2 aromatic heterocycles. The van der Waals surface area contributed by atoms with Crippen molar-refractivity contribution in [3.05, 3.63) is 35.4 Å². The highest BCUT2D eigenvalue weighted by Gasteiger charge is 2.32. The lowest BCUT2D eigenvalue weighted by atomic mass is 9.92. The Morgan fingerprint density at radius 2 is 1.87 bits per heavy atom. The number of phenolic OH excluding ortho intramolecular Hbond substituents is 1. The van der Waals surface area contributed by atoms with Crippen LogP contribution in [0, 0.1) is 6.92 Å². The molecule has 1 aliphatic carbocycles. The maximum atomic E-state index is 13.0. The fourth-order valence-electron chi connectivity index (χ4n) is 4.07. The highest BCUT2D eigenvalue weighted by Crippen LogP contribution is 2.39. The van der Waals surface area contributed by atoms with Crippen LogP contribution in [0.25, 0.3) is 22.6 Å². The molecule has 2 unspecified atom stereocenters. The Hall–Kier alpha value is -2.81. The van der Waals surface area contributed by atoms with Crippen LogP contribution in [0.4, 0.5) is 19.0 Å². The Morgan fingerprint density at radius 1 is 1.13 bits per heavy atom. The summed E-state index contributed by atoms with van der Waals surface area (Å²) in [6.45, 7) is 1.51. The zero-order chi connectivity index (χ0) is 21.6. The lowest BCUT2D eigenvalue weighted by Gasteiger charge is -2.28. The smallest absolute Gasteiger partial charge is 0.416 e. The molecule has 0 radical (unpaired) electrons. The molecule has 0 amide bonds.